The Morgan fingerprint density at radius 3 is 2.53 bits per heavy atom. The molecule has 0 amide bonds. The highest BCUT2D eigenvalue weighted by molar-refractivity contribution is 5.39. The standard InChI is InChI=1S/C16H17N/c1-2-6-13(7-3-1)16-12-17-11-10-14-8-4-5-9-15(14)16/h1-9,16-17H,10-12H2/t16-/m1/s1. The van der Waals surface area contributed by atoms with Gasteiger partial charge in [0.15, 0.2) is 0 Å². The lowest BCUT2D eigenvalue weighted by Crippen LogP contribution is -2.20. The van der Waals surface area contributed by atoms with Crippen molar-refractivity contribution in [2.24, 2.45) is 0 Å². The van der Waals surface area contributed by atoms with E-state index in [4.69, 9.17) is 0 Å². The molecule has 17 heavy (non-hydrogen) atoms. The molecule has 2 aromatic carbocycles. The Morgan fingerprint density at radius 1 is 0.882 bits per heavy atom. The third-order valence-corrected chi connectivity index (χ3v) is 3.55. The molecule has 1 heterocycles. The van der Waals surface area contributed by atoms with Crippen LogP contribution in [0, 0.1) is 0 Å². The van der Waals surface area contributed by atoms with Gasteiger partial charge in [-0.3, -0.25) is 0 Å². The van der Waals surface area contributed by atoms with Crippen LogP contribution in [0.25, 0.3) is 0 Å². The smallest absolute Gasteiger partial charge is 0.0217 e. The number of rotatable bonds is 1. The molecule has 1 aliphatic rings. The topological polar surface area (TPSA) is 12.0 Å². The Hall–Kier alpha value is -1.60. The Bertz CT molecular complexity index is 490. The summed E-state index contributed by atoms with van der Waals surface area (Å²) in [4.78, 5) is 0. The van der Waals surface area contributed by atoms with Crippen LogP contribution in [0.4, 0.5) is 0 Å². The summed E-state index contributed by atoms with van der Waals surface area (Å²) in [7, 11) is 0. The summed E-state index contributed by atoms with van der Waals surface area (Å²) in [6.07, 6.45) is 1.14. The Kier molecular flexibility index (Phi) is 2.93. The van der Waals surface area contributed by atoms with Gasteiger partial charge in [0.1, 0.15) is 0 Å². The van der Waals surface area contributed by atoms with Crippen molar-refractivity contribution < 1.29 is 0 Å². The highest BCUT2D eigenvalue weighted by Crippen LogP contribution is 2.28. The predicted molar refractivity (Wildman–Crippen MR) is 71.3 cm³/mol. The first-order chi connectivity index (χ1) is 8.45. The van der Waals surface area contributed by atoms with E-state index in [0.29, 0.717) is 5.92 Å². The lowest BCUT2D eigenvalue weighted by atomic mass is 9.88. The molecule has 86 valence electrons. The molecule has 0 aromatic heterocycles. The van der Waals surface area contributed by atoms with Crippen LogP contribution >= 0.6 is 0 Å². The fourth-order valence-electron chi connectivity index (χ4n) is 2.66. The van der Waals surface area contributed by atoms with Gasteiger partial charge in [-0.15, -0.1) is 0 Å². The second-order valence-corrected chi connectivity index (χ2v) is 4.62. The largest absolute Gasteiger partial charge is 0.315 e. The zero-order valence-corrected chi connectivity index (χ0v) is 9.89. The molecule has 1 nitrogen and oxygen atoms in total. The lowest BCUT2D eigenvalue weighted by Gasteiger charge is -2.17. The van der Waals surface area contributed by atoms with Gasteiger partial charge in [0.05, 0.1) is 0 Å². The first-order valence-corrected chi connectivity index (χ1v) is 6.28. The normalized spacial score (nSPS) is 19.4. The van der Waals surface area contributed by atoms with Crippen LogP contribution in [0.3, 0.4) is 0 Å². The van der Waals surface area contributed by atoms with Crippen LogP contribution in [-0.4, -0.2) is 13.1 Å². The minimum atomic E-state index is 0.495. The highest BCUT2D eigenvalue weighted by atomic mass is 14.9. The molecule has 0 bridgehead atoms. The number of nitrogens with one attached hydrogen (secondary N) is 1. The maximum atomic E-state index is 3.54. The average molecular weight is 223 g/mol. The van der Waals surface area contributed by atoms with Crippen molar-refractivity contribution >= 4 is 0 Å². The molecule has 0 unspecified atom stereocenters. The zero-order valence-electron chi connectivity index (χ0n) is 9.89. The minimum Gasteiger partial charge on any atom is -0.315 e. The first-order valence-electron chi connectivity index (χ1n) is 6.28. The molecular formula is C16H17N. The summed E-state index contributed by atoms with van der Waals surface area (Å²) < 4.78 is 0. The van der Waals surface area contributed by atoms with Gasteiger partial charge in [-0.2, -0.15) is 0 Å². The molecule has 2 aromatic rings. The van der Waals surface area contributed by atoms with Crippen LogP contribution in [0.5, 0.6) is 0 Å². The predicted octanol–water partition coefficient (Wildman–Crippen LogP) is 2.96. The van der Waals surface area contributed by atoms with Crippen LogP contribution in [0.15, 0.2) is 54.6 Å². The maximum absolute atomic E-state index is 3.54. The quantitative estimate of drug-likeness (QED) is 0.783. The third-order valence-electron chi connectivity index (χ3n) is 3.55. The molecule has 0 fully saturated rings. The van der Waals surface area contributed by atoms with Gasteiger partial charge in [0.2, 0.25) is 0 Å². The van der Waals surface area contributed by atoms with Crippen molar-refractivity contribution in [3.63, 3.8) is 0 Å². The van der Waals surface area contributed by atoms with Crippen molar-refractivity contribution in [3.8, 4) is 0 Å². The molecule has 0 aliphatic carbocycles. The van der Waals surface area contributed by atoms with Crippen LogP contribution in [-0.2, 0) is 6.42 Å². The summed E-state index contributed by atoms with van der Waals surface area (Å²) in [5, 5.41) is 3.54. The van der Waals surface area contributed by atoms with Crippen molar-refractivity contribution in [2.75, 3.05) is 13.1 Å². The summed E-state index contributed by atoms with van der Waals surface area (Å²) in [5.41, 5.74) is 4.39. The number of hydrogen-bond acceptors (Lipinski definition) is 1. The zero-order chi connectivity index (χ0) is 11.5. The fourth-order valence-corrected chi connectivity index (χ4v) is 2.66. The number of fused-ring (bicyclic) bond motifs is 1. The van der Waals surface area contributed by atoms with E-state index in [0.717, 1.165) is 19.5 Å². The molecule has 0 spiro atoms. The van der Waals surface area contributed by atoms with Gasteiger partial charge >= 0.3 is 0 Å². The Balaban J connectivity index is 2.06. The van der Waals surface area contributed by atoms with Crippen molar-refractivity contribution in [1.82, 2.24) is 5.32 Å². The maximum Gasteiger partial charge on any atom is 0.0217 e. The van der Waals surface area contributed by atoms with E-state index >= 15 is 0 Å². The average Bonchev–Trinajstić information content (AvgIpc) is 2.62. The van der Waals surface area contributed by atoms with Gasteiger partial charge < -0.3 is 5.32 Å². The van der Waals surface area contributed by atoms with Gasteiger partial charge in [-0.25, -0.2) is 0 Å². The van der Waals surface area contributed by atoms with E-state index < -0.39 is 0 Å². The molecule has 0 saturated heterocycles. The second-order valence-electron chi connectivity index (χ2n) is 4.62. The number of hydrogen-bond donors (Lipinski definition) is 1. The van der Waals surface area contributed by atoms with E-state index in [-0.39, 0.29) is 0 Å². The van der Waals surface area contributed by atoms with E-state index in [1.165, 1.54) is 16.7 Å². The molecule has 1 atom stereocenters. The lowest BCUT2D eigenvalue weighted by molar-refractivity contribution is 0.665. The molecule has 0 radical (unpaired) electrons. The van der Waals surface area contributed by atoms with Gasteiger partial charge in [-0.05, 0) is 29.7 Å². The van der Waals surface area contributed by atoms with Crippen LogP contribution < -0.4 is 5.32 Å². The SMILES string of the molecule is c1ccc([C@H]2CNCCc3ccccc32)cc1. The summed E-state index contributed by atoms with van der Waals surface area (Å²) in [5.74, 6) is 0.495. The molecule has 0 saturated carbocycles. The third kappa shape index (κ3) is 2.11. The molecule has 1 aliphatic heterocycles. The Morgan fingerprint density at radius 2 is 1.65 bits per heavy atom. The van der Waals surface area contributed by atoms with Gasteiger partial charge in [0.25, 0.3) is 0 Å². The van der Waals surface area contributed by atoms with E-state index in [1.807, 2.05) is 0 Å². The fraction of sp³-hybridized carbons (Fsp3) is 0.250. The van der Waals surface area contributed by atoms with E-state index in [9.17, 15) is 0 Å². The summed E-state index contributed by atoms with van der Waals surface area (Å²) in [6, 6.07) is 19.6. The van der Waals surface area contributed by atoms with Gasteiger partial charge in [-0.1, -0.05) is 54.6 Å². The van der Waals surface area contributed by atoms with Crippen molar-refractivity contribution in [3.05, 3.63) is 71.3 Å². The summed E-state index contributed by atoms with van der Waals surface area (Å²) in [6.45, 7) is 2.13. The first kappa shape index (κ1) is 10.5. The molecule has 3 rings (SSSR count). The summed E-state index contributed by atoms with van der Waals surface area (Å²) >= 11 is 0. The highest BCUT2D eigenvalue weighted by Gasteiger charge is 2.19. The second kappa shape index (κ2) is 4.72. The van der Waals surface area contributed by atoms with Gasteiger partial charge in [0, 0.05) is 12.5 Å². The molecule has 1 N–H and O–H groups in total. The van der Waals surface area contributed by atoms with Crippen LogP contribution in [0.1, 0.15) is 22.6 Å². The Labute approximate surface area is 102 Å². The van der Waals surface area contributed by atoms with Crippen LogP contribution in [0.2, 0.25) is 0 Å². The number of benzene rings is 2. The van der Waals surface area contributed by atoms with Crippen molar-refractivity contribution in [2.45, 2.75) is 12.3 Å². The van der Waals surface area contributed by atoms with Crippen molar-refractivity contribution in [1.29, 1.82) is 0 Å². The van der Waals surface area contributed by atoms with E-state index in [2.05, 4.69) is 59.9 Å². The minimum absolute atomic E-state index is 0.495. The van der Waals surface area contributed by atoms with E-state index in [1.54, 1.807) is 0 Å². The monoisotopic (exact) mass is 223 g/mol. The molecule has 1 heteroatoms. The molecular weight excluding hydrogens is 206 g/mol.